The maximum Gasteiger partial charge on any atom is 0.416 e. The molecular formula is C31H29F3N2OS. The van der Waals surface area contributed by atoms with E-state index in [1.54, 1.807) is 12.1 Å². The van der Waals surface area contributed by atoms with Crippen LogP contribution in [0.25, 0.3) is 0 Å². The molecule has 0 atom stereocenters. The van der Waals surface area contributed by atoms with Crippen molar-refractivity contribution in [3.8, 4) is 5.75 Å². The third-order valence-electron chi connectivity index (χ3n) is 6.03. The standard InChI is InChI=1S/C31H29F3N2OS/c1-21-4-7-24(8-5-21)19-36(20-25-9-15-28(37)16-10-25)30(38-29-17-6-22(2)18-23(29)3)35-27-13-11-26(12-14-27)31(32,33)34/h4-18,37H,19-20H2,1-3H3. The molecule has 0 spiro atoms. The normalized spacial score (nSPS) is 12.0. The Balaban J connectivity index is 1.77. The van der Waals surface area contributed by atoms with Gasteiger partial charge in [-0.05, 0) is 79.9 Å². The number of thioether (sulfide) groups is 1. The lowest BCUT2D eigenvalue weighted by molar-refractivity contribution is -0.137. The van der Waals surface area contributed by atoms with Gasteiger partial charge in [-0.3, -0.25) is 0 Å². The predicted molar refractivity (Wildman–Crippen MR) is 149 cm³/mol. The number of hydrogen-bond donors (Lipinski definition) is 1. The Bertz CT molecular complexity index is 1350. The van der Waals surface area contributed by atoms with E-state index in [1.807, 2.05) is 45.0 Å². The van der Waals surface area contributed by atoms with Crippen molar-refractivity contribution in [2.24, 2.45) is 4.99 Å². The van der Waals surface area contributed by atoms with Crippen LogP contribution in [0.5, 0.6) is 5.75 Å². The van der Waals surface area contributed by atoms with Gasteiger partial charge in [0.2, 0.25) is 0 Å². The third-order valence-corrected chi connectivity index (χ3v) is 7.24. The van der Waals surface area contributed by atoms with Gasteiger partial charge in [-0.1, -0.05) is 71.4 Å². The quantitative estimate of drug-likeness (QED) is 0.153. The lowest BCUT2D eigenvalue weighted by Gasteiger charge is -2.27. The average molecular weight is 535 g/mol. The second kappa shape index (κ2) is 11.8. The van der Waals surface area contributed by atoms with Crippen molar-refractivity contribution in [1.29, 1.82) is 0 Å². The average Bonchev–Trinajstić information content (AvgIpc) is 2.87. The van der Waals surface area contributed by atoms with Gasteiger partial charge in [0.15, 0.2) is 5.17 Å². The molecule has 1 N–H and O–H groups in total. The zero-order valence-electron chi connectivity index (χ0n) is 21.5. The monoisotopic (exact) mass is 534 g/mol. The van der Waals surface area contributed by atoms with Crippen molar-refractivity contribution in [2.75, 3.05) is 0 Å². The molecule has 4 aromatic rings. The molecule has 0 aliphatic carbocycles. The van der Waals surface area contributed by atoms with Gasteiger partial charge in [-0.2, -0.15) is 13.2 Å². The van der Waals surface area contributed by atoms with Gasteiger partial charge in [0.1, 0.15) is 5.75 Å². The van der Waals surface area contributed by atoms with E-state index in [0.717, 1.165) is 44.8 Å². The second-order valence-electron chi connectivity index (χ2n) is 9.32. The number of phenols is 1. The molecule has 4 aromatic carbocycles. The van der Waals surface area contributed by atoms with Gasteiger partial charge >= 0.3 is 6.18 Å². The van der Waals surface area contributed by atoms with Crippen LogP contribution in [0.2, 0.25) is 0 Å². The third kappa shape index (κ3) is 7.42. The van der Waals surface area contributed by atoms with Gasteiger partial charge in [0.25, 0.3) is 0 Å². The largest absolute Gasteiger partial charge is 0.508 e. The van der Waals surface area contributed by atoms with Gasteiger partial charge in [0, 0.05) is 18.0 Å². The number of hydrogen-bond acceptors (Lipinski definition) is 3. The molecule has 0 aromatic heterocycles. The summed E-state index contributed by atoms with van der Waals surface area (Å²) in [5.41, 5.74) is 5.17. The number of alkyl halides is 3. The second-order valence-corrected chi connectivity index (χ2v) is 10.3. The van der Waals surface area contributed by atoms with Crippen LogP contribution in [0, 0.1) is 20.8 Å². The summed E-state index contributed by atoms with van der Waals surface area (Å²) in [4.78, 5) is 7.98. The Morgan fingerprint density at radius 2 is 1.32 bits per heavy atom. The zero-order chi connectivity index (χ0) is 27.3. The fraction of sp³-hybridized carbons (Fsp3) is 0.194. The fourth-order valence-corrected chi connectivity index (χ4v) is 4.89. The van der Waals surface area contributed by atoms with Gasteiger partial charge in [0.05, 0.1) is 11.3 Å². The van der Waals surface area contributed by atoms with Crippen LogP contribution in [-0.4, -0.2) is 15.2 Å². The first kappa shape index (κ1) is 27.3. The molecule has 3 nitrogen and oxygen atoms in total. The SMILES string of the molecule is Cc1ccc(CN(Cc2ccc(O)cc2)C(=Nc2ccc(C(F)(F)F)cc2)Sc2ccc(C)cc2C)cc1. The van der Waals surface area contributed by atoms with E-state index in [-0.39, 0.29) is 5.75 Å². The predicted octanol–water partition coefficient (Wildman–Crippen LogP) is 8.82. The summed E-state index contributed by atoms with van der Waals surface area (Å²) in [7, 11) is 0. The van der Waals surface area contributed by atoms with Crippen LogP contribution in [0.15, 0.2) is 101 Å². The minimum Gasteiger partial charge on any atom is -0.508 e. The molecule has 38 heavy (non-hydrogen) atoms. The number of benzene rings is 4. The summed E-state index contributed by atoms with van der Waals surface area (Å²) >= 11 is 1.49. The molecule has 0 heterocycles. The molecule has 0 unspecified atom stereocenters. The smallest absolute Gasteiger partial charge is 0.416 e. The Hall–Kier alpha value is -3.71. The maximum absolute atomic E-state index is 13.2. The highest BCUT2D eigenvalue weighted by Gasteiger charge is 2.30. The molecular weight excluding hydrogens is 505 g/mol. The van der Waals surface area contributed by atoms with E-state index in [2.05, 4.69) is 35.2 Å². The highest BCUT2D eigenvalue weighted by Crippen LogP contribution is 2.33. The summed E-state index contributed by atoms with van der Waals surface area (Å²) in [5, 5.41) is 10.4. The first-order chi connectivity index (χ1) is 18.1. The minimum absolute atomic E-state index is 0.183. The van der Waals surface area contributed by atoms with E-state index >= 15 is 0 Å². The molecule has 0 bridgehead atoms. The molecule has 0 aliphatic rings. The number of aliphatic imine (C=N–C) groups is 1. The number of nitrogens with zero attached hydrogens (tertiary/aromatic N) is 2. The maximum atomic E-state index is 13.2. The van der Waals surface area contributed by atoms with Crippen LogP contribution in [-0.2, 0) is 19.3 Å². The molecule has 196 valence electrons. The number of halogens is 3. The van der Waals surface area contributed by atoms with Gasteiger partial charge in [-0.25, -0.2) is 4.99 Å². The van der Waals surface area contributed by atoms with Crippen LogP contribution < -0.4 is 0 Å². The van der Waals surface area contributed by atoms with E-state index < -0.39 is 11.7 Å². The molecule has 4 rings (SSSR count). The first-order valence-corrected chi connectivity index (χ1v) is 13.0. The van der Waals surface area contributed by atoms with Crippen LogP contribution in [0.3, 0.4) is 0 Å². The molecule has 0 saturated heterocycles. The van der Waals surface area contributed by atoms with Crippen molar-refractivity contribution >= 4 is 22.6 Å². The highest BCUT2D eigenvalue weighted by molar-refractivity contribution is 8.13. The molecule has 0 amide bonds. The summed E-state index contributed by atoms with van der Waals surface area (Å²) in [6, 6.07) is 26.3. The van der Waals surface area contributed by atoms with E-state index in [9.17, 15) is 18.3 Å². The zero-order valence-corrected chi connectivity index (χ0v) is 22.3. The first-order valence-electron chi connectivity index (χ1n) is 12.2. The summed E-state index contributed by atoms with van der Waals surface area (Å²) < 4.78 is 39.5. The van der Waals surface area contributed by atoms with E-state index in [0.29, 0.717) is 23.9 Å². The van der Waals surface area contributed by atoms with Crippen molar-refractivity contribution < 1.29 is 18.3 Å². The lowest BCUT2D eigenvalue weighted by Crippen LogP contribution is -2.28. The van der Waals surface area contributed by atoms with Gasteiger partial charge < -0.3 is 10.0 Å². The summed E-state index contributed by atoms with van der Waals surface area (Å²) in [6.45, 7) is 7.14. The van der Waals surface area contributed by atoms with Crippen molar-refractivity contribution in [2.45, 2.75) is 44.9 Å². The van der Waals surface area contributed by atoms with Crippen molar-refractivity contribution in [1.82, 2.24) is 4.90 Å². The Morgan fingerprint density at radius 1 is 0.763 bits per heavy atom. The molecule has 0 saturated carbocycles. The summed E-state index contributed by atoms with van der Waals surface area (Å²) in [6.07, 6.45) is -4.41. The van der Waals surface area contributed by atoms with Gasteiger partial charge in [-0.15, -0.1) is 0 Å². The number of rotatable bonds is 6. The molecule has 7 heteroatoms. The summed E-state index contributed by atoms with van der Waals surface area (Å²) in [5.74, 6) is 0.183. The van der Waals surface area contributed by atoms with E-state index in [1.165, 1.54) is 23.9 Å². The van der Waals surface area contributed by atoms with Crippen molar-refractivity contribution in [3.05, 3.63) is 124 Å². The molecule has 0 radical (unpaired) electrons. The Labute approximate surface area is 225 Å². The Morgan fingerprint density at radius 3 is 1.87 bits per heavy atom. The van der Waals surface area contributed by atoms with Crippen LogP contribution >= 0.6 is 11.8 Å². The topological polar surface area (TPSA) is 35.8 Å². The minimum atomic E-state index is -4.41. The van der Waals surface area contributed by atoms with Crippen LogP contribution in [0.1, 0.15) is 33.4 Å². The number of amidine groups is 1. The number of phenolic OH excluding ortho intramolecular Hbond substituents is 1. The molecule has 0 fully saturated rings. The van der Waals surface area contributed by atoms with Crippen molar-refractivity contribution in [3.63, 3.8) is 0 Å². The highest BCUT2D eigenvalue weighted by atomic mass is 32.2. The molecule has 0 aliphatic heterocycles. The van der Waals surface area contributed by atoms with Crippen LogP contribution in [0.4, 0.5) is 18.9 Å². The fourth-order valence-electron chi connectivity index (χ4n) is 3.93. The number of aryl methyl sites for hydroxylation is 3. The number of aromatic hydroxyl groups is 1. The lowest BCUT2D eigenvalue weighted by atomic mass is 10.1. The Kier molecular flexibility index (Phi) is 8.47. The van der Waals surface area contributed by atoms with E-state index in [4.69, 9.17) is 4.99 Å².